The van der Waals surface area contributed by atoms with Gasteiger partial charge in [0.2, 0.25) is 5.91 Å². The summed E-state index contributed by atoms with van der Waals surface area (Å²) in [5.74, 6) is 0.787. The van der Waals surface area contributed by atoms with E-state index in [0.717, 1.165) is 40.9 Å². The lowest BCUT2D eigenvalue weighted by molar-refractivity contribution is -0.130. The lowest BCUT2D eigenvalue weighted by Gasteiger charge is -2.41. The van der Waals surface area contributed by atoms with E-state index in [9.17, 15) is 13.9 Å². The molecule has 0 aliphatic carbocycles. The Balaban J connectivity index is 1.34. The summed E-state index contributed by atoms with van der Waals surface area (Å²) in [6.07, 6.45) is 5.10. The van der Waals surface area contributed by atoms with Gasteiger partial charge in [0.15, 0.2) is 5.82 Å². The standard InChI is InChI=1S/C25H30N8O4S/c26-25-24-20(22-15-28-30-32(22)19-4-8-37-9-5-19)14-21(33(24)29-16-27-25)18-3-1-2-17(12-18)13-23(34)31-6-10-38(35,36)11-7-31/h1-3,12,14-16,19,35-36H,4-11,13H2,(H2,26,27,29). The van der Waals surface area contributed by atoms with Gasteiger partial charge in [0, 0.05) is 37.4 Å². The number of carbonyl (C=O) groups excluding carboxylic acids is 1. The SMILES string of the molecule is Nc1ncnn2c(-c3cccc(CC(=O)N4CCS(O)(O)CC4)c3)cc(-c3cnnn3C3CCOCC3)c12. The second-order valence-corrected chi connectivity index (χ2v) is 12.1. The molecule has 38 heavy (non-hydrogen) atoms. The van der Waals surface area contributed by atoms with Crippen molar-refractivity contribution in [1.82, 2.24) is 34.5 Å². The fourth-order valence-corrected chi connectivity index (χ4v) is 6.44. The molecule has 0 radical (unpaired) electrons. The molecule has 2 aliphatic rings. The fourth-order valence-electron chi connectivity index (χ4n) is 5.21. The van der Waals surface area contributed by atoms with Crippen LogP contribution in [0.1, 0.15) is 24.4 Å². The quantitative estimate of drug-likeness (QED) is 0.347. The first-order valence-corrected chi connectivity index (χ1v) is 14.5. The number of nitrogens with two attached hydrogens (primary N) is 1. The number of fused-ring (bicyclic) bond motifs is 1. The molecule has 1 aromatic carbocycles. The molecule has 2 saturated heterocycles. The first-order valence-electron chi connectivity index (χ1n) is 12.6. The van der Waals surface area contributed by atoms with Crippen molar-refractivity contribution < 1.29 is 18.6 Å². The molecule has 0 spiro atoms. The molecule has 13 heteroatoms. The van der Waals surface area contributed by atoms with E-state index < -0.39 is 10.6 Å². The van der Waals surface area contributed by atoms with Crippen molar-refractivity contribution >= 4 is 27.8 Å². The number of carbonyl (C=O) groups is 1. The molecule has 6 rings (SSSR count). The minimum absolute atomic E-state index is 0.0317. The Kier molecular flexibility index (Phi) is 6.51. The average molecular weight is 539 g/mol. The largest absolute Gasteiger partial charge is 0.382 e. The Morgan fingerprint density at radius 1 is 1.13 bits per heavy atom. The van der Waals surface area contributed by atoms with E-state index in [1.807, 2.05) is 35.0 Å². The van der Waals surface area contributed by atoms with Gasteiger partial charge < -0.3 is 15.4 Å². The topological polar surface area (TPSA) is 157 Å². The third-order valence-electron chi connectivity index (χ3n) is 7.28. The van der Waals surface area contributed by atoms with Gasteiger partial charge in [0.25, 0.3) is 0 Å². The molecule has 5 heterocycles. The normalized spacial score (nSPS) is 19.1. The number of anilines is 1. The van der Waals surface area contributed by atoms with Gasteiger partial charge >= 0.3 is 0 Å². The molecule has 3 aromatic heterocycles. The number of rotatable bonds is 5. The van der Waals surface area contributed by atoms with Crippen LogP contribution in [0.5, 0.6) is 0 Å². The Labute approximate surface area is 220 Å². The van der Waals surface area contributed by atoms with Crippen LogP contribution in [0.3, 0.4) is 0 Å². The average Bonchev–Trinajstić information content (AvgIpc) is 3.55. The number of nitrogens with zero attached hydrogens (tertiary/aromatic N) is 7. The predicted molar refractivity (Wildman–Crippen MR) is 144 cm³/mol. The molecule has 200 valence electrons. The Hall–Kier alpha value is -3.52. The highest BCUT2D eigenvalue weighted by molar-refractivity contribution is 8.24. The van der Waals surface area contributed by atoms with Crippen LogP contribution in [0.2, 0.25) is 0 Å². The second kappa shape index (κ2) is 9.98. The molecular formula is C25H30N8O4S. The Bertz CT molecular complexity index is 1470. The summed E-state index contributed by atoms with van der Waals surface area (Å²) < 4.78 is 29.0. The molecule has 2 aliphatic heterocycles. The van der Waals surface area contributed by atoms with Gasteiger partial charge in [0.1, 0.15) is 11.8 Å². The Morgan fingerprint density at radius 2 is 1.92 bits per heavy atom. The minimum atomic E-state index is -2.55. The van der Waals surface area contributed by atoms with Gasteiger partial charge in [-0.05, 0) is 30.5 Å². The lowest BCUT2D eigenvalue weighted by atomic mass is 10.0. The van der Waals surface area contributed by atoms with Gasteiger partial charge in [-0.15, -0.1) is 5.10 Å². The zero-order chi connectivity index (χ0) is 26.3. The summed E-state index contributed by atoms with van der Waals surface area (Å²) in [5, 5.41) is 13.1. The predicted octanol–water partition coefficient (Wildman–Crippen LogP) is 2.72. The summed E-state index contributed by atoms with van der Waals surface area (Å²) in [6.45, 7) is 2.08. The van der Waals surface area contributed by atoms with Crippen molar-refractivity contribution in [3.63, 3.8) is 0 Å². The summed E-state index contributed by atoms with van der Waals surface area (Å²) >= 11 is 0. The number of aromatic nitrogens is 6. The maximum atomic E-state index is 12.9. The van der Waals surface area contributed by atoms with Crippen LogP contribution in [0, 0.1) is 0 Å². The third-order valence-corrected chi connectivity index (χ3v) is 8.95. The Morgan fingerprint density at radius 3 is 2.71 bits per heavy atom. The molecule has 1 amide bonds. The third kappa shape index (κ3) is 4.73. The van der Waals surface area contributed by atoms with Crippen molar-refractivity contribution in [1.29, 1.82) is 0 Å². The first-order chi connectivity index (χ1) is 18.4. The number of amides is 1. The van der Waals surface area contributed by atoms with E-state index >= 15 is 0 Å². The summed E-state index contributed by atoms with van der Waals surface area (Å²) in [7, 11) is -2.55. The van der Waals surface area contributed by atoms with Crippen LogP contribution in [0.15, 0.2) is 42.9 Å². The van der Waals surface area contributed by atoms with Crippen molar-refractivity contribution in [2.24, 2.45) is 0 Å². The van der Waals surface area contributed by atoms with E-state index in [2.05, 4.69) is 20.4 Å². The summed E-state index contributed by atoms with van der Waals surface area (Å²) in [5.41, 5.74) is 11.3. The molecule has 0 atom stereocenters. The monoisotopic (exact) mass is 538 g/mol. The van der Waals surface area contributed by atoms with Crippen LogP contribution < -0.4 is 5.73 Å². The highest BCUT2D eigenvalue weighted by Gasteiger charge is 2.26. The van der Waals surface area contributed by atoms with Gasteiger partial charge in [-0.3, -0.25) is 13.9 Å². The van der Waals surface area contributed by atoms with Crippen molar-refractivity contribution in [3.8, 4) is 22.5 Å². The molecular weight excluding hydrogens is 508 g/mol. The van der Waals surface area contributed by atoms with Gasteiger partial charge in [0.05, 0.1) is 41.6 Å². The van der Waals surface area contributed by atoms with E-state index in [1.165, 1.54) is 6.33 Å². The number of benzene rings is 1. The molecule has 0 saturated carbocycles. The smallest absolute Gasteiger partial charge is 0.227 e. The number of ether oxygens (including phenoxy) is 1. The van der Waals surface area contributed by atoms with Crippen LogP contribution in [0.25, 0.3) is 28.0 Å². The number of hydrogen-bond acceptors (Lipinski definition) is 9. The second-order valence-electron chi connectivity index (χ2n) is 9.72. The lowest BCUT2D eigenvalue weighted by Crippen LogP contribution is -2.42. The molecule has 2 fully saturated rings. The highest BCUT2D eigenvalue weighted by Crippen LogP contribution is 2.40. The summed E-state index contributed by atoms with van der Waals surface area (Å²) in [4.78, 5) is 18.9. The molecule has 12 nitrogen and oxygen atoms in total. The number of hydrogen-bond donors (Lipinski definition) is 3. The molecule has 0 unspecified atom stereocenters. The highest BCUT2D eigenvalue weighted by atomic mass is 32.3. The van der Waals surface area contributed by atoms with Gasteiger partial charge in [-0.25, -0.2) is 14.2 Å². The minimum Gasteiger partial charge on any atom is -0.382 e. The van der Waals surface area contributed by atoms with E-state index in [1.54, 1.807) is 15.6 Å². The zero-order valence-corrected chi connectivity index (χ0v) is 21.6. The van der Waals surface area contributed by atoms with Crippen molar-refractivity contribution in [3.05, 3.63) is 48.4 Å². The maximum absolute atomic E-state index is 12.9. The van der Waals surface area contributed by atoms with E-state index in [4.69, 9.17) is 10.5 Å². The van der Waals surface area contributed by atoms with Crippen LogP contribution in [-0.2, 0) is 16.0 Å². The van der Waals surface area contributed by atoms with Crippen molar-refractivity contribution in [2.75, 3.05) is 43.5 Å². The first kappa shape index (κ1) is 24.8. The fraction of sp³-hybridized carbons (Fsp3) is 0.400. The van der Waals surface area contributed by atoms with E-state index in [0.29, 0.717) is 37.6 Å². The van der Waals surface area contributed by atoms with Crippen molar-refractivity contribution in [2.45, 2.75) is 25.3 Å². The molecule has 4 N–H and O–H groups in total. The maximum Gasteiger partial charge on any atom is 0.227 e. The van der Waals surface area contributed by atoms with E-state index in [-0.39, 0.29) is 29.9 Å². The molecule has 4 aromatic rings. The zero-order valence-electron chi connectivity index (χ0n) is 20.8. The number of nitrogen functional groups attached to an aromatic ring is 1. The van der Waals surface area contributed by atoms with Gasteiger partial charge in [-0.1, -0.05) is 23.4 Å². The summed E-state index contributed by atoms with van der Waals surface area (Å²) in [6, 6.07) is 9.99. The van der Waals surface area contributed by atoms with Crippen LogP contribution in [-0.4, -0.2) is 87.3 Å². The van der Waals surface area contributed by atoms with Gasteiger partial charge in [-0.2, -0.15) is 15.7 Å². The molecule has 0 bridgehead atoms. The van der Waals surface area contributed by atoms with Crippen LogP contribution >= 0.6 is 10.6 Å². The van der Waals surface area contributed by atoms with Crippen LogP contribution in [0.4, 0.5) is 5.82 Å².